The SMILES string of the molecule is COc1ccc(S(=O)(=O)NC(=O)c2cc3c(Nc4cc(OC)c(OC)c(OC)c4)cccc3[nH]2)cc1. The lowest BCUT2D eigenvalue weighted by Gasteiger charge is -2.15. The van der Waals surface area contributed by atoms with Gasteiger partial charge in [-0.05, 0) is 42.5 Å². The minimum Gasteiger partial charge on any atom is -0.497 e. The molecule has 0 spiro atoms. The number of benzene rings is 3. The Kier molecular flexibility index (Phi) is 6.93. The van der Waals surface area contributed by atoms with E-state index in [9.17, 15) is 13.2 Å². The van der Waals surface area contributed by atoms with Crippen LogP contribution in [0.3, 0.4) is 0 Å². The zero-order valence-corrected chi connectivity index (χ0v) is 20.9. The fourth-order valence-electron chi connectivity index (χ4n) is 3.69. The smallest absolute Gasteiger partial charge is 0.281 e. The highest BCUT2D eigenvalue weighted by atomic mass is 32.2. The highest BCUT2D eigenvalue weighted by molar-refractivity contribution is 7.90. The first-order valence-electron chi connectivity index (χ1n) is 10.7. The minimum absolute atomic E-state index is 0.0579. The second-order valence-electron chi connectivity index (χ2n) is 7.60. The Morgan fingerprint density at radius 3 is 2.08 bits per heavy atom. The van der Waals surface area contributed by atoms with E-state index < -0.39 is 15.9 Å². The number of aromatic nitrogens is 1. The third kappa shape index (κ3) is 4.86. The number of amides is 1. The van der Waals surface area contributed by atoms with E-state index in [0.29, 0.717) is 45.3 Å². The van der Waals surface area contributed by atoms with Crippen molar-refractivity contribution in [2.24, 2.45) is 0 Å². The molecule has 10 nitrogen and oxygen atoms in total. The van der Waals surface area contributed by atoms with Gasteiger partial charge in [-0.1, -0.05) is 6.07 Å². The second kappa shape index (κ2) is 10.1. The molecular formula is C25H25N3O7S. The molecule has 4 rings (SSSR count). The van der Waals surface area contributed by atoms with Crippen LogP contribution in [0.5, 0.6) is 23.0 Å². The Bertz CT molecular complexity index is 1490. The van der Waals surface area contributed by atoms with Crippen molar-refractivity contribution < 1.29 is 32.2 Å². The fourth-order valence-corrected chi connectivity index (χ4v) is 4.65. The van der Waals surface area contributed by atoms with E-state index in [-0.39, 0.29) is 10.6 Å². The Morgan fingerprint density at radius 2 is 1.50 bits per heavy atom. The first kappa shape index (κ1) is 24.7. The van der Waals surface area contributed by atoms with E-state index in [0.717, 1.165) is 0 Å². The molecule has 3 aromatic carbocycles. The highest BCUT2D eigenvalue weighted by Gasteiger charge is 2.21. The van der Waals surface area contributed by atoms with E-state index in [1.54, 1.807) is 30.3 Å². The number of H-pyrrole nitrogens is 1. The zero-order valence-electron chi connectivity index (χ0n) is 20.0. The van der Waals surface area contributed by atoms with Crippen LogP contribution in [0.1, 0.15) is 10.5 Å². The van der Waals surface area contributed by atoms with E-state index in [2.05, 4.69) is 15.0 Å². The van der Waals surface area contributed by atoms with Gasteiger partial charge in [-0.15, -0.1) is 0 Å². The molecule has 1 heterocycles. The molecule has 36 heavy (non-hydrogen) atoms. The molecule has 0 atom stereocenters. The summed E-state index contributed by atoms with van der Waals surface area (Å²) in [5.41, 5.74) is 2.06. The number of hydrogen-bond acceptors (Lipinski definition) is 8. The summed E-state index contributed by atoms with van der Waals surface area (Å²) in [5, 5.41) is 3.97. The third-order valence-corrected chi connectivity index (χ3v) is 6.80. The Labute approximate surface area is 208 Å². The summed E-state index contributed by atoms with van der Waals surface area (Å²) in [6.07, 6.45) is 0. The Hall–Kier alpha value is -4.38. The van der Waals surface area contributed by atoms with Crippen LogP contribution in [-0.2, 0) is 10.0 Å². The number of aromatic amines is 1. The molecule has 0 radical (unpaired) electrons. The second-order valence-corrected chi connectivity index (χ2v) is 9.28. The number of methoxy groups -OCH3 is 4. The number of rotatable bonds is 9. The van der Waals surface area contributed by atoms with Gasteiger partial charge >= 0.3 is 0 Å². The predicted molar refractivity (Wildman–Crippen MR) is 135 cm³/mol. The molecule has 0 aliphatic rings. The summed E-state index contributed by atoms with van der Waals surface area (Å²) >= 11 is 0. The lowest BCUT2D eigenvalue weighted by atomic mass is 10.2. The van der Waals surface area contributed by atoms with Gasteiger partial charge in [0.2, 0.25) is 5.75 Å². The van der Waals surface area contributed by atoms with Gasteiger partial charge in [0.15, 0.2) is 11.5 Å². The van der Waals surface area contributed by atoms with Crippen LogP contribution in [0.4, 0.5) is 11.4 Å². The number of sulfonamides is 1. The van der Waals surface area contributed by atoms with Crippen LogP contribution in [0, 0.1) is 0 Å². The number of carbonyl (C=O) groups is 1. The standard InChI is InChI=1S/C25H25N3O7S/c1-32-16-8-10-17(11-9-16)36(30,31)28-25(29)21-14-18-19(6-5-7-20(18)27-21)26-15-12-22(33-2)24(35-4)23(13-15)34-3/h5-14,26-27H,1-4H3,(H,28,29). The van der Waals surface area contributed by atoms with E-state index >= 15 is 0 Å². The summed E-state index contributed by atoms with van der Waals surface area (Å²) in [4.78, 5) is 15.7. The topological polar surface area (TPSA) is 128 Å². The van der Waals surface area contributed by atoms with Gasteiger partial charge in [0.25, 0.3) is 15.9 Å². The van der Waals surface area contributed by atoms with Crippen molar-refractivity contribution in [2.75, 3.05) is 33.8 Å². The van der Waals surface area contributed by atoms with Crippen molar-refractivity contribution in [3.8, 4) is 23.0 Å². The van der Waals surface area contributed by atoms with Gasteiger partial charge < -0.3 is 29.2 Å². The van der Waals surface area contributed by atoms with Gasteiger partial charge in [0.1, 0.15) is 11.4 Å². The maximum Gasteiger partial charge on any atom is 0.281 e. The van der Waals surface area contributed by atoms with Crippen molar-refractivity contribution in [1.29, 1.82) is 0 Å². The molecule has 3 N–H and O–H groups in total. The van der Waals surface area contributed by atoms with Gasteiger partial charge in [-0.2, -0.15) is 0 Å². The molecule has 0 saturated carbocycles. The normalized spacial score (nSPS) is 11.1. The van der Waals surface area contributed by atoms with Crippen molar-refractivity contribution in [2.45, 2.75) is 4.90 Å². The Balaban J connectivity index is 1.62. The van der Waals surface area contributed by atoms with Crippen LogP contribution < -0.4 is 29.0 Å². The summed E-state index contributed by atoms with van der Waals surface area (Å²) in [6.45, 7) is 0. The average molecular weight is 512 g/mol. The monoisotopic (exact) mass is 511 g/mol. The summed E-state index contributed by atoms with van der Waals surface area (Å²) in [5.74, 6) is 1.13. The number of anilines is 2. The zero-order chi connectivity index (χ0) is 25.9. The summed E-state index contributed by atoms with van der Waals surface area (Å²) in [6, 6.07) is 16.2. The van der Waals surface area contributed by atoms with Gasteiger partial charge in [0.05, 0.1) is 33.3 Å². The number of nitrogens with one attached hydrogen (secondary N) is 3. The number of ether oxygens (including phenoxy) is 4. The third-order valence-electron chi connectivity index (χ3n) is 5.45. The molecule has 4 aromatic rings. The number of hydrogen-bond donors (Lipinski definition) is 3. The molecule has 11 heteroatoms. The average Bonchev–Trinajstić information content (AvgIpc) is 3.33. The maximum absolute atomic E-state index is 12.8. The van der Waals surface area contributed by atoms with Crippen LogP contribution in [0.25, 0.3) is 10.9 Å². The van der Waals surface area contributed by atoms with Crippen molar-refractivity contribution in [3.05, 3.63) is 66.4 Å². The van der Waals surface area contributed by atoms with Crippen LogP contribution >= 0.6 is 0 Å². The molecule has 0 saturated heterocycles. The maximum atomic E-state index is 12.8. The molecule has 0 aliphatic carbocycles. The van der Waals surface area contributed by atoms with E-state index in [1.807, 2.05) is 6.07 Å². The molecule has 188 valence electrons. The lowest BCUT2D eigenvalue weighted by Crippen LogP contribution is -2.30. The molecule has 0 fully saturated rings. The van der Waals surface area contributed by atoms with Crippen molar-refractivity contribution in [1.82, 2.24) is 9.71 Å². The highest BCUT2D eigenvalue weighted by Crippen LogP contribution is 2.41. The summed E-state index contributed by atoms with van der Waals surface area (Å²) in [7, 11) is 1.97. The first-order valence-corrected chi connectivity index (χ1v) is 12.2. The van der Waals surface area contributed by atoms with Crippen LogP contribution in [0.15, 0.2) is 65.6 Å². The fraction of sp³-hybridized carbons (Fsp3) is 0.160. The largest absolute Gasteiger partial charge is 0.497 e. The molecule has 0 unspecified atom stereocenters. The molecule has 1 aromatic heterocycles. The van der Waals surface area contributed by atoms with Crippen LogP contribution in [-0.4, -0.2) is 47.7 Å². The van der Waals surface area contributed by atoms with Crippen LogP contribution in [0.2, 0.25) is 0 Å². The van der Waals surface area contributed by atoms with E-state index in [1.165, 1.54) is 52.7 Å². The number of carbonyl (C=O) groups excluding carboxylic acids is 1. The first-order chi connectivity index (χ1) is 17.3. The summed E-state index contributed by atoms with van der Waals surface area (Å²) < 4.78 is 48.7. The minimum atomic E-state index is -4.08. The molecule has 1 amide bonds. The van der Waals surface area contributed by atoms with E-state index in [4.69, 9.17) is 18.9 Å². The number of fused-ring (bicyclic) bond motifs is 1. The Morgan fingerprint density at radius 1 is 0.833 bits per heavy atom. The van der Waals surface area contributed by atoms with Crippen molar-refractivity contribution in [3.63, 3.8) is 0 Å². The quantitative estimate of drug-likeness (QED) is 0.307. The molecular weight excluding hydrogens is 486 g/mol. The molecule has 0 aliphatic heterocycles. The van der Waals surface area contributed by atoms with Gasteiger partial charge in [-0.25, -0.2) is 13.1 Å². The van der Waals surface area contributed by atoms with Crippen molar-refractivity contribution >= 4 is 38.2 Å². The molecule has 0 bridgehead atoms. The van der Waals surface area contributed by atoms with Gasteiger partial charge in [-0.3, -0.25) is 4.79 Å². The van der Waals surface area contributed by atoms with Gasteiger partial charge in [0, 0.05) is 34.4 Å². The predicted octanol–water partition coefficient (Wildman–Crippen LogP) is 4.06. The lowest BCUT2D eigenvalue weighted by molar-refractivity contribution is 0.0977.